The van der Waals surface area contributed by atoms with Gasteiger partial charge in [-0.3, -0.25) is 9.59 Å². The average Bonchev–Trinajstić information content (AvgIpc) is 2.62. The molecule has 5 heteroatoms. The quantitative estimate of drug-likeness (QED) is 0.868. The van der Waals surface area contributed by atoms with Crippen LogP contribution in [0.5, 0.6) is 0 Å². The van der Waals surface area contributed by atoms with E-state index in [0.29, 0.717) is 16.1 Å². The number of hydrogen-bond acceptors (Lipinski definition) is 2. The van der Waals surface area contributed by atoms with E-state index in [0.717, 1.165) is 10.9 Å². The zero-order valence-electron chi connectivity index (χ0n) is 10.0. The van der Waals surface area contributed by atoms with E-state index in [1.54, 1.807) is 22.9 Å². The Hall–Kier alpha value is -1.81. The van der Waals surface area contributed by atoms with Crippen molar-refractivity contribution >= 4 is 34.3 Å². The molecule has 2 aromatic rings. The van der Waals surface area contributed by atoms with Crippen molar-refractivity contribution in [1.29, 1.82) is 0 Å². The van der Waals surface area contributed by atoms with Crippen LogP contribution >= 0.6 is 11.6 Å². The minimum Gasteiger partial charge on any atom is -0.480 e. The molecule has 0 radical (unpaired) electrons. The van der Waals surface area contributed by atoms with Crippen molar-refractivity contribution in [2.24, 2.45) is 0 Å². The lowest BCUT2D eigenvalue weighted by molar-refractivity contribution is -0.137. The molecule has 18 heavy (non-hydrogen) atoms. The number of carbonyl (C=O) groups excluding carboxylic acids is 1. The maximum absolute atomic E-state index is 11.6. The second-order valence-corrected chi connectivity index (χ2v) is 4.60. The first-order chi connectivity index (χ1) is 8.41. The van der Waals surface area contributed by atoms with E-state index in [1.165, 1.54) is 6.92 Å². The van der Waals surface area contributed by atoms with Crippen molar-refractivity contribution in [3.63, 3.8) is 0 Å². The summed E-state index contributed by atoms with van der Waals surface area (Å²) in [4.78, 5) is 22.4. The molecule has 0 aliphatic heterocycles. The van der Waals surface area contributed by atoms with Gasteiger partial charge in [0.2, 0.25) is 0 Å². The minimum atomic E-state index is -0.957. The zero-order chi connectivity index (χ0) is 13.4. The summed E-state index contributed by atoms with van der Waals surface area (Å²) >= 11 is 6.04. The van der Waals surface area contributed by atoms with Gasteiger partial charge in [0.25, 0.3) is 0 Å². The molecule has 94 valence electrons. The van der Waals surface area contributed by atoms with Crippen LogP contribution in [0.15, 0.2) is 18.3 Å². The van der Waals surface area contributed by atoms with E-state index in [-0.39, 0.29) is 12.3 Å². The Labute approximate surface area is 109 Å². The molecule has 0 atom stereocenters. The molecule has 1 N–H and O–H groups in total. The molecular formula is C13H12ClNO3. The maximum Gasteiger partial charge on any atom is 0.323 e. The van der Waals surface area contributed by atoms with E-state index in [9.17, 15) is 9.59 Å². The minimum absolute atomic E-state index is 0.0918. The smallest absolute Gasteiger partial charge is 0.323 e. The molecule has 1 heterocycles. The number of carboxylic acids is 1. The Morgan fingerprint density at radius 3 is 2.61 bits per heavy atom. The number of ketones is 1. The number of benzene rings is 1. The van der Waals surface area contributed by atoms with Crippen LogP contribution in [0.4, 0.5) is 0 Å². The number of rotatable bonds is 3. The molecule has 0 saturated heterocycles. The Morgan fingerprint density at radius 2 is 2.06 bits per heavy atom. The highest BCUT2D eigenvalue weighted by atomic mass is 35.5. The number of carboxylic acid groups (broad SMARTS) is 1. The van der Waals surface area contributed by atoms with Crippen molar-refractivity contribution in [2.45, 2.75) is 20.4 Å². The highest BCUT2D eigenvalue weighted by Gasteiger charge is 2.16. The van der Waals surface area contributed by atoms with Gasteiger partial charge >= 0.3 is 5.97 Å². The topological polar surface area (TPSA) is 59.3 Å². The lowest BCUT2D eigenvalue weighted by Gasteiger charge is -2.05. The van der Waals surface area contributed by atoms with Crippen LogP contribution in [0.25, 0.3) is 10.9 Å². The van der Waals surface area contributed by atoms with E-state index in [2.05, 4.69) is 0 Å². The SMILES string of the molecule is CC(=O)c1cn(CC(=O)O)c2c(C)c(Cl)ccc12. The third kappa shape index (κ3) is 1.99. The molecule has 0 aliphatic carbocycles. The summed E-state index contributed by atoms with van der Waals surface area (Å²) in [5.74, 6) is -1.05. The Morgan fingerprint density at radius 1 is 1.39 bits per heavy atom. The normalized spacial score (nSPS) is 10.8. The second kappa shape index (κ2) is 4.46. The lowest BCUT2D eigenvalue weighted by Crippen LogP contribution is -2.08. The van der Waals surface area contributed by atoms with Gasteiger partial charge in [-0.2, -0.15) is 0 Å². The Kier molecular flexibility index (Phi) is 3.13. The molecule has 0 amide bonds. The number of fused-ring (bicyclic) bond motifs is 1. The summed E-state index contributed by atoms with van der Waals surface area (Å²) in [6, 6.07) is 3.47. The fourth-order valence-corrected chi connectivity index (χ4v) is 2.26. The van der Waals surface area contributed by atoms with Crippen LogP contribution in [0.3, 0.4) is 0 Å². The summed E-state index contributed by atoms with van der Waals surface area (Å²) in [6.07, 6.45) is 1.57. The van der Waals surface area contributed by atoms with Crippen LogP contribution in [0.1, 0.15) is 22.8 Å². The molecule has 0 spiro atoms. The first-order valence-corrected chi connectivity index (χ1v) is 5.80. The summed E-state index contributed by atoms with van der Waals surface area (Å²) in [7, 11) is 0. The standard InChI is InChI=1S/C13H12ClNO3/c1-7-11(14)4-3-9-10(8(2)16)5-15(13(7)9)6-12(17)18/h3-5H,6H2,1-2H3,(H,17,18). The zero-order valence-corrected chi connectivity index (χ0v) is 10.8. The summed E-state index contributed by atoms with van der Waals surface area (Å²) in [6.45, 7) is 3.09. The van der Waals surface area contributed by atoms with Gasteiger partial charge in [-0.1, -0.05) is 17.7 Å². The molecule has 0 saturated carbocycles. The number of nitrogens with zero attached hydrogens (tertiary/aromatic N) is 1. The van der Waals surface area contributed by atoms with Crippen molar-refractivity contribution in [3.8, 4) is 0 Å². The van der Waals surface area contributed by atoms with Gasteiger partial charge in [-0.15, -0.1) is 0 Å². The molecule has 1 aromatic heterocycles. The molecule has 2 rings (SSSR count). The largest absolute Gasteiger partial charge is 0.480 e. The van der Waals surface area contributed by atoms with Crippen LogP contribution in [0.2, 0.25) is 5.02 Å². The summed E-state index contributed by atoms with van der Waals surface area (Å²) in [5.41, 5.74) is 2.00. The number of Topliss-reactive ketones (excluding diaryl/α,β-unsaturated/α-hetero) is 1. The van der Waals surface area contributed by atoms with E-state index < -0.39 is 5.97 Å². The van der Waals surface area contributed by atoms with Crippen LogP contribution in [-0.2, 0) is 11.3 Å². The van der Waals surface area contributed by atoms with Gasteiger partial charge < -0.3 is 9.67 Å². The van der Waals surface area contributed by atoms with Gasteiger partial charge in [0.1, 0.15) is 6.54 Å². The number of aliphatic carboxylic acids is 1. The van der Waals surface area contributed by atoms with Gasteiger partial charge in [-0.05, 0) is 25.5 Å². The predicted molar refractivity (Wildman–Crippen MR) is 69.3 cm³/mol. The highest BCUT2D eigenvalue weighted by Crippen LogP contribution is 2.29. The Balaban J connectivity index is 2.81. The van der Waals surface area contributed by atoms with E-state index >= 15 is 0 Å². The van der Waals surface area contributed by atoms with Gasteiger partial charge in [0, 0.05) is 22.2 Å². The summed E-state index contributed by atoms with van der Waals surface area (Å²) < 4.78 is 1.55. The molecule has 0 fully saturated rings. The average molecular weight is 266 g/mol. The lowest BCUT2D eigenvalue weighted by atomic mass is 10.1. The number of hydrogen-bond donors (Lipinski definition) is 1. The third-order valence-electron chi connectivity index (χ3n) is 2.91. The second-order valence-electron chi connectivity index (χ2n) is 4.19. The number of aromatic nitrogens is 1. The van der Waals surface area contributed by atoms with Crippen LogP contribution < -0.4 is 0 Å². The van der Waals surface area contributed by atoms with Crippen molar-refractivity contribution < 1.29 is 14.7 Å². The van der Waals surface area contributed by atoms with Gasteiger partial charge in [0.05, 0.1) is 5.52 Å². The van der Waals surface area contributed by atoms with E-state index in [4.69, 9.17) is 16.7 Å². The molecule has 0 aliphatic rings. The van der Waals surface area contributed by atoms with Crippen molar-refractivity contribution in [3.05, 3.63) is 34.5 Å². The first-order valence-electron chi connectivity index (χ1n) is 5.42. The number of carbonyl (C=O) groups is 2. The fourth-order valence-electron chi connectivity index (χ4n) is 2.10. The maximum atomic E-state index is 11.6. The molecule has 4 nitrogen and oxygen atoms in total. The molecule has 0 bridgehead atoms. The van der Waals surface area contributed by atoms with Gasteiger partial charge in [-0.25, -0.2) is 0 Å². The highest BCUT2D eigenvalue weighted by molar-refractivity contribution is 6.32. The molecule has 0 unspecified atom stereocenters. The summed E-state index contributed by atoms with van der Waals surface area (Å²) in [5, 5.41) is 10.2. The number of aryl methyl sites for hydroxylation is 1. The van der Waals surface area contributed by atoms with E-state index in [1.807, 2.05) is 6.92 Å². The first kappa shape index (κ1) is 12.6. The Bertz CT molecular complexity index is 658. The predicted octanol–water partition coefficient (Wildman–Crippen LogP) is 2.89. The molecular weight excluding hydrogens is 254 g/mol. The van der Waals surface area contributed by atoms with Crippen LogP contribution in [0, 0.1) is 6.92 Å². The molecule has 1 aromatic carbocycles. The van der Waals surface area contributed by atoms with Crippen molar-refractivity contribution in [1.82, 2.24) is 4.57 Å². The third-order valence-corrected chi connectivity index (χ3v) is 3.32. The fraction of sp³-hybridized carbons (Fsp3) is 0.231. The van der Waals surface area contributed by atoms with Gasteiger partial charge in [0.15, 0.2) is 5.78 Å². The van der Waals surface area contributed by atoms with Crippen LogP contribution in [-0.4, -0.2) is 21.4 Å². The number of halogens is 1. The van der Waals surface area contributed by atoms with Crippen molar-refractivity contribution in [2.75, 3.05) is 0 Å². The monoisotopic (exact) mass is 265 g/mol.